The summed E-state index contributed by atoms with van der Waals surface area (Å²) >= 11 is 0. The van der Waals surface area contributed by atoms with Gasteiger partial charge in [0.05, 0.1) is 0 Å². The highest BCUT2D eigenvalue weighted by Crippen LogP contribution is 2.44. The average molecular weight is 663 g/mol. The van der Waals surface area contributed by atoms with Gasteiger partial charge in [0.25, 0.3) is 6.71 Å². The molecule has 0 aliphatic carbocycles. The SMILES string of the molecule is c1ccc(-c2ccc3c4ccc(-c5cccc(-c6cc7c8c(c6)Oc6cccc9c6B8c6c(cccc6O7)O9)c5)cc4c4ccccc4c3c2)cc1. The molecular formula is C48H27BO3. The maximum atomic E-state index is 6.62. The Morgan fingerprint density at radius 3 is 1.23 bits per heavy atom. The predicted octanol–water partition coefficient (Wildman–Crippen LogP) is 11.0. The first-order valence-electron chi connectivity index (χ1n) is 17.8. The summed E-state index contributed by atoms with van der Waals surface area (Å²) in [5.74, 6) is 5.01. The van der Waals surface area contributed by atoms with E-state index in [1.54, 1.807) is 0 Å². The molecule has 240 valence electrons. The van der Waals surface area contributed by atoms with Gasteiger partial charge in [0.15, 0.2) is 0 Å². The van der Waals surface area contributed by atoms with Crippen LogP contribution in [0, 0.1) is 0 Å². The zero-order valence-electron chi connectivity index (χ0n) is 27.9. The van der Waals surface area contributed by atoms with E-state index >= 15 is 0 Å². The van der Waals surface area contributed by atoms with Gasteiger partial charge in [-0.2, -0.15) is 0 Å². The molecule has 0 atom stereocenters. The second kappa shape index (κ2) is 10.4. The molecule has 0 saturated carbocycles. The molecule has 9 aromatic carbocycles. The number of fused-ring (bicyclic) bond motifs is 6. The Bertz CT molecular complexity index is 2910. The van der Waals surface area contributed by atoms with Gasteiger partial charge in [0.1, 0.15) is 34.5 Å². The van der Waals surface area contributed by atoms with E-state index in [1.807, 2.05) is 36.4 Å². The normalized spacial score (nSPS) is 13.0. The van der Waals surface area contributed by atoms with Gasteiger partial charge in [-0.25, -0.2) is 0 Å². The standard InChI is InChI=1S/C48H27BO3/c1-2-9-28(10-3-1)31-19-21-36-37-22-20-32(25-39(37)35-14-5-4-13-34(35)38(36)24-31)29-11-6-12-30(23-29)33-26-44-48-45(27-33)52-43-18-8-16-41-47(43)49(48)46-40(50-41)15-7-17-42(46)51-44/h1-27H. The molecule has 0 radical (unpaired) electrons. The molecule has 0 spiro atoms. The van der Waals surface area contributed by atoms with Crippen LogP contribution in [0.2, 0.25) is 0 Å². The molecule has 4 heteroatoms. The highest BCUT2D eigenvalue weighted by atomic mass is 16.5. The molecular weight excluding hydrogens is 635 g/mol. The van der Waals surface area contributed by atoms with Gasteiger partial charge in [-0.1, -0.05) is 109 Å². The molecule has 3 nitrogen and oxygen atoms in total. The zero-order valence-corrected chi connectivity index (χ0v) is 27.9. The largest absolute Gasteiger partial charge is 0.458 e. The van der Waals surface area contributed by atoms with Gasteiger partial charge in [-0.3, -0.25) is 0 Å². The van der Waals surface area contributed by atoms with Crippen LogP contribution in [-0.2, 0) is 0 Å². The Balaban J connectivity index is 0.989. The summed E-state index contributed by atoms with van der Waals surface area (Å²) in [6.07, 6.45) is 0. The lowest BCUT2D eigenvalue weighted by Crippen LogP contribution is -2.59. The van der Waals surface area contributed by atoms with Crippen LogP contribution >= 0.6 is 0 Å². The Morgan fingerprint density at radius 2 is 0.654 bits per heavy atom. The molecule has 0 aromatic heterocycles. The van der Waals surface area contributed by atoms with Crippen molar-refractivity contribution in [2.75, 3.05) is 0 Å². The van der Waals surface area contributed by atoms with Crippen molar-refractivity contribution in [1.82, 2.24) is 0 Å². The minimum absolute atomic E-state index is 0.00691. The van der Waals surface area contributed by atoms with E-state index in [0.29, 0.717) is 0 Å². The predicted molar refractivity (Wildman–Crippen MR) is 213 cm³/mol. The molecule has 52 heavy (non-hydrogen) atoms. The number of benzene rings is 9. The zero-order chi connectivity index (χ0) is 33.9. The molecule has 3 aliphatic rings. The Kier molecular flexibility index (Phi) is 5.58. The van der Waals surface area contributed by atoms with E-state index in [2.05, 4.69) is 127 Å². The van der Waals surface area contributed by atoms with Gasteiger partial charge in [0.2, 0.25) is 0 Å². The van der Waals surface area contributed by atoms with Crippen molar-refractivity contribution < 1.29 is 14.2 Å². The molecule has 0 fully saturated rings. The van der Waals surface area contributed by atoms with Crippen LogP contribution in [0.1, 0.15) is 0 Å². The van der Waals surface area contributed by atoms with E-state index < -0.39 is 0 Å². The van der Waals surface area contributed by atoms with E-state index in [-0.39, 0.29) is 6.71 Å². The Morgan fingerprint density at radius 1 is 0.250 bits per heavy atom. The van der Waals surface area contributed by atoms with Gasteiger partial charge in [-0.15, -0.1) is 0 Å². The first kappa shape index (κ1) is 28.0. The molecule has 0 saturated heterocycles. The van der Waals surface area contributed by atoms with Crippen LogP contribution in [-0.4, -0.2) is 6.71 Å². The molecule has 0 bridgehead atoms. The maximum Gasteiger partial charge on any atom is 0.270 e. The molecule has 12 rings (SSSR count). The smallest absolute Gasteiger partial charge is 0.270 e. The second-order valence-corrected chi connectivity index (χ2v) is 14.0. The fourth-order valence-electron chi connectivity index (χ4n) is 8.81. The molecule has 0 amide bonds. The molecule has 9 aromatic rings. The van der Waals surface area contributed by atoms with Crippen LogP contribution < -0.4 is 30.6 Å². The van der Waals surface area contributed by atoms with Crippen molar-refractivity contribution in [1.29, 1.82) is 0 Å². The summed E-state index contributed by atoms with van der Waals surface area (Å²) in [6, 6.07) is 58.5. The van der Waals surface area contributed by atoms with E-state index in [1.165, 1.54) is 49.0 Å². The summed E-state index contributed by atoms with van der Waals surface area (Å²) in [7, 11) is 0. The van der Waals surface area contributed by atoms with Crippen molar-refractivity contribution >= 4 is 55.4 Å². The second-order valence-electron chi connectivity index (χ2n) is 14.0. The van der Waals surface area contributed by atoms with Gasteiger partial charge >= 0.3 is 0 Å². The minimum atomic E-state index is 0.00691. The highest BCUT2D eigenvalue weighted by Gasteiger charge is 2.46. The van der Waals surface area contributed by atoms with Gasteiger partial charge in [0, 0.05) is 16.4 Å². The molecule has 3 aliphatic heterocycles. The number of hydrogen-bond acceptors (Lipinski definition) is 3. The fraction of sp³-hybridized carbons (Fsp3) is 0. The molecule has 3 heterocycles. The number of hydrogen-bond donors (Lipinski definition) is 0. The van der Waals surface area contributed by atoms with E-state index in [0.717, 1.165) is 67.6 Å². The fourth-order valence-corrected chi connectivity index (χ4v) is 8.81. The van der Waals surface area contributed by atoms with Crippen LogP contribution in [0.5, 0.6) is 34.5 Å². The minimum Gasteiger partial charge on any atom is -0.458 e. The van der Waals surface area contributed by atoms with Crippen molar-refractivity contribution in [2.24, 2.45) is 0 Å². The van der Waals surface area contributed by atoms with Crippen LogP contribution in [0.4, 0.5) is 0 Å². The van der Waals surface area contributed by atoms with Crippen molar-refractivity contribution in [2.45, 2.75) is 0 Å². The van der Waals surface area contributed by atoms with Crippen molar-refractivity contribution in [3.8, 4) is 67.9 Å². The quantitative estimate of drug-likeness (QED) is 0.139. The maximum absolute atomic E-state index is 6.62. The lowest BCUT2D eigenvalue weighted by Gasteiger charge is -2.37. The van der Waals surface area contributed by atoms with E-state index in [4.69, 9.17) is 14.2 Å². The monoisotopic (exact) mass is 662 g/mol. The van der Waals surface area contributed by atoms with Crippen LogP contribution in [0.3, 0.4) is 0 Å². The molecule has 0 N–H and O–H groups in total. The lowest BCUT2D eigenvalue weighted by molar-refractivity contribution is 0.443. The van der Waals surface area contributed by atoms with Gasteiger partial charge < -0.3 is 14.2 Å². The third-order valence-electron chi connectivity index (χ3n) is 11.2. The van der Waals surface area contributed by atoms with Crippen LogP contribution in [0.25, 0.3) is 65.7 Å². The summed E-state index contributed by atoms with van der Waals surface area (Å²) in [5.41, 5.74) is 10.2. The average Bonchev–Trinajstić information content (AvgIpc) is 3.21. The molecule has 0 unspecified atom stereocenters. The summed E-state index contributed by atoms with van der Waals surface area (Å²) in [6.45, 7) is 0.00691. The topological polar surface area (TPSA) is 27.7 Å². The Hall–Kier alpha value is -6.78. The summed E-state index contributed by atoms with van der Waals surface area (Å²) < 4.78 is 19.6. The third-order valence-corrected chi connectivity index (χ3v) is 11.2. The van der Waals surface area contributed by atoms with Gasteiger partial charge in [-0.05, 0) is 120 Å². The highest BCUT2D eigenvalue weighted by molar-refractivity contribution is 6.99. The van der Waals surface area contributed by atoms with E-state index in [9.17, 15) is 0 Å². The number of rotatable bonds is 3. The lowest BCUT2D eigenvalue weighted by atomic mass is 9.34. The first-order valence-corrected chi connectivity index (χ1v) is 17.8. The summed E-state index contributed by atoms with van der Waals surface area (Å²) in [4.78, 5) is 0. The first-order chi connectivity index (χ1) is 25.7. The van der Waals surface area contributed by atoms with Crippen LogP contribution in [0.15, 0.2) is 164 Å². The van der Waals surface area contributed by atoms with Crippen molar-refractivity contribution in [3.05, 3.63) is 164 Å². The number of ether oxygens (including phenoxy) is 3. The van der Waals surface area contributed by atoms with Crippen molar-refractivity contribution in [3.63, 3.8) is 0 Å². The summed E-state index contributed by atoms with van der Waals surface area (Å²) in [5, 5.41) is 7.59. The Labute approximate surface area is 300 Å². The third kappa shape index (κ3) is 3.92.